The third-order valence-electron chi connectivity index (χ3n) is 3.82. The summed E-state index contributed by atoms with van der Waals surface area (Å²) in [5, 5.41) is 3.92. The normalized spacial score (nSPS) is 11.9. The highest BCUT2D eigenvalue weighted by Gasteiger charge is 2.25. The van der Waals surface area contributed by atoms with Crippen LogP contribution in [0.15, 0.2) is 18.2 Å². The van der Waals surface area contributed by atoms with Crippen molar-refractivity contribution in [1.82, 2.24) is 10.2 Å². The Morgan fingerprint density at radius 3 is 2.50 bits per heavy atom. The van der Waals surface area contributed by atoms with Gasteiger partial charge in [0.25, 0.3) is 0 Å². The molecule has 1 N–H and O–H groups in total. The molecular weight excluding hydrogens is 347 g/mol. The van der Waals surface area contributed by atoms with Crippen molar-refractivity contribution in [3.63, 3.8) is 0 Å². The first kappa shape index (κ1) is 20.8. The number of carbonyl (C=O) groups is 2. The Labute approximate surface area is 154 Å². The zero-order valence-corrected chi connectivity index (χ0v) is 16.1. The van der Waals surface area contributed by atoms with Gasteiger partial charge in [0, 0.05) is 29.6 Å². The first-order valence-electron chi connectivity index (χ1n) is 8.41. The van der Waals surface area contributed by atoms with Gasteiger partial charge >= 0.3 is 0 Å². The summed E-state index contributed by atoms with van der Waals surface area (Å²) in [7, 11) is 0. The summed E-state index contributed by atoms with van der Waals surface area (Å²) < 4.78 is 0. The quantitative estimate of drug-likeness (QED) is 0.651. The third kappa shape index (κ3) is 6.33. The fraction of sp³-hybridized carbons (Fsp3) is 0.556. The first-order valence-corrected chi connectivity index (χ1v) is 9.17. The van der Waals surface area contributed by atoms with Gasteiger partial charge in [-0.05, 0) is 37.5 Å². The van der Waals surface area contributed by atoms with Crippen LogP contribution in [-0.2, 0) is 16.1 Å². The Bertz CT molecular complexity index is 564. The van der Waals surface area contributed by atoms with Gasteiger partial charge in [-0.2, -0.15) is 0 Å². The summed E-state index contributed by atoms with van der Waals surface area (Å²) in [6, 6.07) is 4.62. The van der Waals surface area contributed by atoms with Gasteiger partial charge in [-0.25, -0.2) is 0 Å². The van der Waals surface area contributed by atoms with Gasteiger partial charge in [-0.3, -0.25) is 9.59 Å². The van der Waals surface area contributed by atoms with E-state index in [1.165, 1.54) is 0 Å². The van der Waals surface area contributed by atoms with Gasteiger partial charge < -0.3 is 10.2 Å². The summed E-state index contributed by atoms with van der Waals surface area (Å²) in [6.45, 7) is 6.67. The van der Waals surface area contributed by atoms with Crippen molar-refractivity contribution in [2.75, 3.05) is 6.54 Å². The second-order valence-electron chi connectivity index (χ2n) is 5.83. The van der Waals surface area contributed by atoms with E-state index in [-0.39, 0.29) is 18.4 Å². The number of benzene rings is 1. The molecule has 1 rings (SSSR count). The fourth-order valence-corrected chi connectivity index (χ4v) is 2.78. The number of rotatable bonds is 9. The smallest absolute Gasteiger partial charge is 0.242 e. The number of amides is 2. The van der Waals surface area contributed by atoms with E-state index < -0.39 is 6.04 Å². The Morgan fingerprint density at radius 2 is 1.92 bits per heavy atom. The molecule has 0 radical (unpaired) electrons. The Morgan fingerprint density at radius 1 is 1.21 bits per heavy atom. The molecule has 0 bridgehead atoms. The predicted molar refractivity (Wildman–Crippen MR) is 99.3 cm³/mol. The molecule has 0 aliphatic carbocycles. The van der Waals surface area contributed by atoms with E-state index in [1.807, 2.05) is 6.92 Å². The number of halogens is 2. The van der Waals surface area contributed by atoms with Crippen molar-refractivity contribution >= 4 is 35.0 Å². The first-order chi connectivity index (χ1) is 11.4. The molecule has 24 heavy (non-hydrogen) atoms. The zero-order chi connectivity index (χ0) is 18.1. The molecule has 0 spiro atoms. The molecule has 1 aromatic rings. The molecule has 0 aromatic heterocycles. The van der Waals surface area contributed by atoms with E-state index in [1.54, 1.807) is 30.0 Å². The fourth-order valence-electron chi connectivity index (χ4n) is 2.31. The van der Waals surface area contributed by atoms with E-state index in [0.717, 1.165) is 24.8 Å². The van der Waals surface area contributed by atoms with E-state index in [4.69, 9.17) is 23.2 Å². The van der Waals surface area contributed by atoms with Crippen molar-refractivity contribution < 1.29 is 9.59 Å². The van der Waals surface area contributed by atoms with Crippen molar-refractivity contribution in [3.8, 4) is 0 Å². The SMILES string of the molecule is CCCCNC(=O)[C@@H](C)N(Cc1ccc(Cl)cc1Cl)C(=O)CCC. The van der Waals surface area contributed by atoms with Crippen LogP contribution in [0.4, 0.5) is 0 Å². The van der Waals surface area contributed by atoms with Crippen LogP contribution in [0.25, 0.3) is 0 Å². The van der Waals surface area contributed by atoms with Crippen LogP contribution in [-0.4, -0.2) is 29.3 Å². The van der Waals surface area contributed by atoms with Gasteiger partial charge in [0.1, 0.15) is 6.04 Å². The zero-order valence-electron chi connectivity index (χ0n) is 14.6. The summed E-state index contributed by atoms with van der Waals surface area (Å²) in [5.41, 5.74) is 0.777. The molecular formula is C18H26Cl2N2O2. The molecule has 134 valence electrons. The maximum absolute atomic E-state index is 12.5. The highest BCUT2D eigenvalue weighted by Crippen LogP contribution is 2.23. The lowest BCUT2D eigenvalue weighted by molar-refractivity contribution is -0.140. The minimum atomic E-state index is -0.548. The molecule has 0 aliphatic heterocycles. The van der Waals surface area contributed by atoms with Crippen LogP contribution in [0.3, 0.4) is 0 Å². The van der Waals surface area contributed by atoms with Gasteiger partial charge in [0.15, 0.2) is 0 Å². The van der Waals surface area contributed by atoms with Crippen LogP contribution >= 0.6 is 23.2 Å². The molecule has 4 nitrogen and oxygen atoms in total. The average Bonchev–Trinajstić information content (AvgIpc) is 2.53. The van der Waals surface area contributed by atoms with Crippen LogP contribution < -0.4 is 5.32 Å². The van der Waals surface area contributed by atoms with Crippen molar-refractivity contribution in [1.29, 1.82) is 0 Å². The number of nitrogens with one attached hydrogen (secondary N) is 1. The molecule has 0 saturated carbocycles. The lowest BCUT2D eigenvalue weighted by Gasteiger charge is -2.29. The molecule has 0 fully saturated rings. The Hall–Kier alpha value is -1.26. The van der Waals surface area contributed by atoms with E-state index in [0.29, 0.717) is 23.0 Å². The molecule has 1 atom stereocenters. The monoisotopic (exact) mass is 372 g/mol. The maximum atomic E-state index is 12.5. The van der Waals surface area contributed by atoms with Gasteiger partial charge in [-0.1, -0.05) is 49.5 Å². The predicted octanol–water partition coefficient (Wildman–Crippen LogP) is 4.43. The minimum absolute atomic E-state index is 0.0540. The third-order valence-corrected chi connectivity index (χ3v) is 4.40. The second kappa shape index (κ2) is 10.6. The molecule has 6 heteroatoms. The molecule has 1 aromatic carbocycles. The lowest BCUT2D eigenvalue weighted by atomic mass is 10.1. The van der Waals surface area contributed by atoms with Crippen LogP contribution in [0.2, 0.25) is 10.0 Å². The Balaban J connectivity index is 2.90. The summed E-state index contributed by atoms with van der Waals surface area (Å²) in [6.07, 6.45) is 3.06. The molecule has 0 heterocycles. The summed E-state index contributed by atoms with van der Waals surface area (Å²) >= 11 is 12.1. The lowest BCUT2D eigenvalue weighted by Crippen LogP contribution is -2.47. The topological polar surface area (TPSA) is 49.4 Å². The maximum Gasteiger partial charge on any atom is 0.242 e. The number of hydrogen-bond donors (Lipinski definition) is 1. The van der Waals surface area contributed by atoms with Gasteiger partial charge in [0.05, 0.1) is 0 Å². The largest absolute Gasteiger partial charge is 0.354 e. The van der Waals surface area contributed by atoms with Crippen molar-refractivity contribution in [3.05, 3.63) is 33.8 Å². The van der Waals surface area contributed by atoms with Crippen LogP contribution in [0.1, 0.15) is 52.0 Å². The van der Waals surface area contributed by atoms with Gasteiger partial charge in [-0.15, -0.1) is 0 Å². The highest BCUT2D eigenvalue weighted by atomic mass is 35.5. The summed E-state index contributed by atoms with van der Waals surface area (Å²) in [5.74, 6) is -0.195. The Kier molecular flexibility index (Phi) is 9.16. The van der Waals surface area contributed by atoms with Crippen molar-refractivity contribution in [2.24, 2.45) is 0 Å². The van der Waals surface area contributed by atoms with Crippen LogP contribution in [0, 0.1) is 0 Å². The molecule has 0 unspecified atom stereocenters. The molecule has 0 saturated heterocycles. The second-order valence-corrected chi connectivity index (χ2v) is 6.67. The highest BCUT2D eigenvalue weighted by molar-refractivity contribution is 6.35. The average molecular weight is 373 g/mol. The van der Waals surface area contributed by atoms with E-state index in [2.05, 4.69) is 12.2 Å². The van der Waals surface area contributed by atoms with E-state index in [9.17, 15) is 9.59 Å². The van der Waals surface area contributed by atoms with Gasteiger partial charge in [0.2, 0.25) is 11.8 Å². The summed E-state index contributed by atoms with van der Waals surface area (Å²) in [4.78, 5) is 26.4. The molecule has 2 amide bonds. The van der Waals surface area contributed by atoms with E-state index >= 15 is 0 Å². The number of carbonyl (C=O) groups excluding carboxylic acids is 2. The molecule has 0 aliphatic rings. The number of nitrogens with zero attached hydrogens (tertiary/aromatic N) is 1. The number of hydrogen-bond acceptors (Lipinski definition) is 2. The van der Waals surface area contributed by atoms with Crippen molar-refractivity contribution in [2.45, 2.75) is 59.0 Å². The number of unbranched alkanes of at least 4 members (excludes halogenated alkanes) is 1. The van der Waals surface area contributed by atoms with Crippen LogP contribution in [0.5, 0.6) is 0 Å². The standard InChI is InChI=1S/C18H26Cl2N2O2/c1-4-6-10-21-18(24)13(3)22(17(23)7-5-2)12-14-8-9-15(19)11-16(14)20/h8-9,11,13H,4-7,10,12H2,1-3H3,(H,21,24)/t13-/m1/s1. The minimum Gasteiger partial charge on any atom is -0.354 e.